The molecule has 0 aromatic carbocycles. The number of ether oxygens (including phenoxy) is 2. The number of hydrogen-bond acceptors (Lipinski definition) is 13. The summed E-state index contributed by atoms with van der Waals surface area (Å²) in [4.78, 5) is 67.7. The Kier molecular flexibility index (Phi) is 6.70. The van der Waals surface area contributed by atoms with Crippen LogP contribution in [0.2, 0.25) is 0 Å². The van der Waals surface area contributed by atoms with E-state index in [1.54, 1.807) is 0 Å². The number of fused-ring (bicyclic) bond motifs is 2. The molecule has 0 amide bonds. The Balaban J connectivity index is 1.81. The number of H-pyrrole nitrogens is 1. The topological polar surface area (TPSA) is 288 Å². The summed E-state index contributed by atoms with van der Waals surface area (Å²) in [6.45, 7) is -1.42. The number of nitrogens with one attached hydrogen (secondary N) is 1. The van der Waals surface area contributed by atoms with E-state index in [1.165, 1.54) is 0 Å². The average molecular weight is 519 g/mol. The summed E-state index contributed by atoms with van der Waals surface area (Å²) in [5.74, 6) is 0. The summed E-state index contributed by atoms with van der Waals surface area (Å²) in [6, 6.07) is -0.272. The summed E-state index contributed by atoms with van der Waals surface area (Å²) in [6.07, 6.45) is -1.36. The van der Waals surface area contributed by atoms with E-state index in [9.17, 15) is 38.0 Å². The number of rotatable bonds is 9. The standard InChI is InChI=1S/C10H14N5O14P3/c11-14-13-7-6-8(15-2-1-5(16)12-9(15)17)27-10(7,3-25-6)4-26-31(21,22)29-32(23,24)28-30(18,19)20/h1-2,6-8H,3-4H2,(H,21,22)(H,23,24)(H,12,16,17)(H2,18,19,20)/p-2/t6-,7+,8-,10-/m1/s1. The van der Waals surface area contributed by atoms with Crippen molar-refractivity contribution in [3.05, 3.63) is 43.5 Å². The van der Waals surface area contributed by atoms with Gasteiger partial charge in [0, 0.05) is 17.2 Å². The molecule has 22 heteroatoms. The molecular formula is C10H12N5O14P3-2. The molecular weight excluding hydrogens is 507 g/mol. The number of aromatic nitrogens is 2. The Labute approximate surface area is 175 Å². The van der Waals surface area contributed by atoms with Gasteiger partial charge in [0.25, 0.3) is 21.2 Å². The summed E-state index contributed by atoms with van der Waals surface area (Å²) in [7, 11) is -17.6. The zero-order chi connectivity index (χ0) is 23.9. The van der Waals surface area contributed by atoms with Crippen LogP contribution in [0, 0.1) is 0 Å². The van der Waals surface area contributed by atoms with Crippen LogP contribution in [0.4, 0.5) is 0 Å². The maximum absolute atomic E-state index is 12.0. The van der Waals surface area contributed by atoms with Crippen molar-refractivity contribution >= 4 is 23.5 Å². The summed E-state index contributed by atoms with van der Waals surface area (Å²) in [5, 5.41) is 3.47. The highest BCUT2D eigenvalue weighted by Crippen LogP contribution is 2.63. The SMILES string of the molecule is [N-]=[N+]=N[C@H]1[C@H]2OC[C@]1(COP(=O)(O)OP(=O)([O-])OP(=O)([O-])O)O[C@H]2n1ccc(=O)[nH]c1=O. The zero-order valence-corrected chi connectivity index (χ0v) is 17.9. The predicted octanol–water partition coefficient (Wildman–Crippen LogP) is -2.04. The molecule has 7 atom stereocenters. The lowest BCUT2D eigenvalue weighted by molar-refractivity contribution is -0.236. The number of aromatic amines is 1. The van der Waals surface area contributed by atoms with Crippen LogP contribution in [0.3, 0.4) is 0 Å². The third kappa shape index (κ3) is 5.44. The molecule has 0 spiro atoms. The van der Waals surface area contributed by atoms with Crippen molar-refractivity contribution in [3.63, 3.8) is 0 Å². The van der Waals surface area contributed by atoms with Crippen LogP contribution >= 0.6 is 23.5 Å². The van der Waals surface area contributed by atoms with Crippen LogP contribution in [0.1, 0.15) is 6.23 Å². The van der Waals surface area contributed by atoms with Crippen LogP contribution in [0.25, 0.3) is 10.4 Å². The normalized spacial score (nSPS) is 32.4. The van der Waals surface area contributed by atoms with Gasteiger partial charge in [0.05, 0.1) is 13.2 Å². The van der Waals surface area contributed by atoms with Crippen LogP contribution in [-0.4, -0.2) is 50.3 Å². The molecule has 2 aliphatic rings. The van der Waals surface area contributed by atoms with Gasteiger partial charge in [-0.2, -0.15) is 0 Å². The number of phosphoric acid groups is 3. The fourth-order valence-corrected chi connectivity index (χ4v) is 6.05. The summed E-state index contributed by atoms with van der Waals surface area (Å²) >= 11 is 0. The van der Waals surface area contributed by atoms with Gasteiger partial charge >= 0.3 is 13.5 Å². The molecule has 0 aliphatic carbocycles. The van der Waals surface area contributed by atoms with Crippen LogP contribution in [0.15, 0.2) is 27.0 Å². The fourth-order valence-electron chi connectivity index (χ4n) is 3.08. The minimum atomic E-state index is -6.06. The molecule has 178 valence electrons. The Hall–Kier alpha value is -1.68. The highest BCUT2D eigenvalue weighted by atomic mass is 31.3. The molecule has 0 saturated carbocycles. The van der Waals surface area contributed by atoms with E-state index < -0.39 is 71.9 Å². The van der Waals surface area contributed by atoms with Gasteiger partial charge in [-0.1, -0.05) is 5.11 Å². The Morgan fingerprint density at radius 1 is 1.34 bits per heavy atom. The molecule has 3 unspecified atom stereocenters. The fraction of sp³-hybridized carbons (Fsp3) is 0.600. The summed E-state index contributed by atoms with van der Waals surface area (Å²) < 4.78 is 57.1. The second-order valence-electron chi connectivity index (χ2n) is 6.34. The molecule has 32 heavy (non-hydrogen) atoms. The van der Waals surface area contributed by atoms with E-state index in [1.807, 2.05) is 4.98 Å². The monoisotopic (exact) mass is 519 g/mol. The predicted molar refractivity (Wildman–Crippen MR) is 92.2 cm³/mol. The van der Waals surface area contributed by atoms with Gasteiger partial charge < -0.3 is 29.0 Å². The minimum Gasteiger partial charge on any atom is -0.756 e. The van der Waals surface area contributed by atoms with E-state index in [4.69, 9.17) is 19.9 Å². The second-order valence-corrected chi connectivity index (χ2v) is 10.7. The van der Waals surface area contributed by atoms with E-state index in [0.29, 0.717) is 0 Å². The van der Waals surface area contributed by atoms with E-state index in [0.717, 1.165) is 16.8 Å². The molecule has 3 N–H and O–H groups in total. The first-order valence-corrected chi connectivity index (χ1v) is 12.5. The number of nitrogens with zero attached hydrogens (tertiary/aromatic N) is 4. The zero-order valence-electron chi connectivity index (χ0n) is 15.2. The number of phosphoric ester groups is 1. The van der Waals surface area contributed by atoms with Gasteiger partial charge in [-0.25, -0.2) is 18.0 Å². The van der Waals surface area contributed by atoms with Crippen molar-refractivity contribution in [2.75, 3.05) is 13.2 Å². The van der Waals surface area contributed by atoms with Gasteiger partial charge in [-0.15, -0.1) is 0 Å². The van der Waals surface area contributed by atoms with E-state index in [-0.39, 0.29) is 0 Å². The van der Waals surface area contributed by atoms with Gasteiger partial charge in [0.2, 0.25) is 0 Å². The highest BCUT2D eigenvalue weighted by Gasteiger charge is 2.63. The number of azide groups is 1. The molecule has 2 saturated heterocycles. The van der Waals surface area contributed by atoms with E-state index in [2.05, 4.69) is 23.2 Å². The van der Waals surface area contributed by atoms with Crippen molar-refractivity contribution in [3.8, 4) is 0 Å². The minimum absolute atomic E-state index is 0.409. The van der Waals surface area contributed by atoms with Crippen molar-refractivity contribution in [1.29, 1.82) is 0 Å². The molecule has 2 fully saturated rings. The summed E-state index contributed by atoms with van der Waals surface area (Å²) in [5.41, 5.74) is 5.38. The molecule has 1 aromatic heterocycles. The maximum Gasteiger partial charge on any atom is 0.478 e. The first-order chi connectivity index (χ1) is 14.7. The lowest BCUT2D eigenvalue weighted by atomic mass is 9.98. The lowest BCUT2D eigenvalue weighted by Crippen LogP contribution is -2.45. The van der Waals surface area contributed by atoms with Crippen molar-refractivity contribution < 1.29 is 55.9 Å². The van der Waals surface area contributed by atoms with Gasteiger partial charge in [-0.05, 0) is 5.53 Å². The average Bonchev–Trinajstić information content (AvgIpc) is 3.10. The van der Waals surface area contributed by atoms with Gasteiger partial charge in [0.1, 0.15) is 17.7 Å². The largest absolute Gasteiger partial charge is 0.756 e. The van der Waals surface area contributed by atoms with Crippen molar-refractivity contribution in [1.82, 2.24) is 9.55 Å². The van der Waals surface area contributed by atoms with E-state index >= 15 is 0 Å². The molecule has 3 heterocycles. The maximum atomic E-state index is 12.0. The lowest BCUT2D eigenvalue weighted by Gasteiger charge is -2.32. The number of hydrogen-bond donors (Lipinski definition) is 3. The molecule has 2 bridgehead atoms. The van der Waals surface area contributed by atoms with Crippen molar-refractivity contribution in [2.45, 2.75) is 24.0 Å². The third-order valence-corrected chi connectivity index (χ3v) is 7.89. The Morgan fingerprint density at radius 3 is 2.62 bits per heavy atom. The van der Waals surface area contributed by atoms with Crippen LogP contribution < -0.4 is 21.0 Å². The molecule has 0 radical (unpaired) electrons. The van der Waals surface area contributed by atoms with Crippen LogP contribution in [0.5, 0.6) is 0 Å². The second kappa shape index (κ2) is 8.59. The van der Waals surface area contributed by atoms with Crippen LogP contribution in [-0.2, 0) is 36.3 Å². The van der Waals surface area contributed by atoms with Gasteiger partial charge in [0.15, 0.2) is 6.23 Å². The van der Waals surface area contributed by atoms with Gasteiger partial charge in [-0.3, -0.25) is 28.0 Å². The Bertz CT molecular complexity index is 1200. The molecule has 3 rings (SSSR count). The molecule has 19 nitrogen and oxygen atoms in total. The highest BCUT2D eigenvalue weighted by molar-refractivity contribution is 7.65. The quantitative estimate of drug-likeness (QED) is 0.137. The first kappa shape index (κ1) is 25.0. The van der Waals surface area contributed by atoms with Crippen molar-refractivity contribution in [2.24, 2.45) is 5.11 Å². The smallest absolute Gasteiger partial charge is 0.478 e. The third-order valence-electron chi connectivity index (χ3n) is 4.19. The molecule has 2 aliphatic heterocycles. The molecule has 1 aromatic rings. The Morgan fingerprint density at radius 2 is 2.03 bits per heavy atom. The first-order valence-electron chi connectivity index (χ1n) is 8.07.